The molecule has 2 aliphatic rings. The first-order chi connectivity index (χ1) is 11.2. The molecule has 124 valence electrons. The minimum absolute atomic E-state index is 0.0623. The number of carbonyl (C=O) groups is 1. The Morgan fingerprint density at radius 1 is 1.30 bits per heavy atom. The summed E-state index contributed by atoms with van der Waals surface area (Å²) in [4.78, 5) is 18.4. The van der Waals surface area contributed by atoms with Gasteiger partial charge < -0.3 is 15.0 Å². The van der Waals surface area contributed by atoms with Crippen LogP contribution in [0, 0.1) is 5.92 Å². The van der Waals surface area contributed by atoms with E-state index in [9.17, 15) is 4.79 Å². The van der Waals surface area contributed by atoms with Crippen LogP contribution in [0.5, 0.6) is 0 Å². The van der Waals surface area contributed by atoms with E-state index >= 15 is 0 Å². The Morgan fingerprint density at radius 2 is 2.09 bits per heavy atom. The Hall–Kier alpha value is -2.04. The van der Waals surface area contributed by atoms with Gasteiger partial charge in [-0.2, -0.15) is 0 Å². The normalized spacial score (nSPS) is 24.3. The molecule has 5 heteroatoms. The molecule has 0 aromatic heterocycles. The Kier molecular flexibility index (Phi) is 4.84. The third-order valence-corrected chi connectivity index (χ3v) is 4.81. The fourth-order valence-corrected chi connectivity index (χ4v) is 3.47. The van der Waals surface area contributed by atoms with Gasteiger partial charge in [-0.1, -0.05) is 12.1 Å². The smallest absolute Gasteiger partial charge is 0.308 e. The zero-order valence-corrected chi connectivity index (χ0v) is 13.9. The first kappa shape index (κ1) is 15.8. The Bertz CT molecular complexity index is 592. The lowest BCUT2D eigenvalue weighted by atomic mass is 9.86. The number of aliphatic imine (C=N–C) groups is 1. The van der Waals surface area contributed by atoms with E-state index in [4.69, 9.17) is 4.74 Å². The first-order valence-electron chi connectivity index (χ1n) is 8.38. The molecule has 3 rings (SSSR count). The van der Waals surface area contributed by atoms with Crippen LogP contribution >= 0.6 is 0 Å². The molecule has 0 saturated heterocycles. The summed E-state index contributed by atoms with van der Waals surface area (Å²) in [6, 6.07) is 8.89. The minimum Gasteiger partial charge on any atom is -0.469 e. The highest BCUT2D eigenvalue weighted by Gasteiger charge is 2.26. The van der Waals surface area contributed by atoms with Gasteiger partial charge in [0.05, 0.1) is 19.6 Å². The van der Waals surface area contributed by atoms with E-state index in [1.165, 1.54) is 12.7 Å². The summed E-state index contributed by atoms with van der Waals surface area (Å²) in [6.45, 7) is 1.87. The largest absolute Gasteiger partial charge is 0.469 e. The number of hydrogen-bond donors (Lipinski definition) is 1. The first-order valence-corrected chi connectivity index (χ1v) is 8.38. The zero-order chi connectivity index (χ0) is 16.2. The molecule has 1 aliphatic heterocycles. The number of methoxy groups -OCH3 is 1. The molecule has 23 heavy (non-hydrogen) atoms. The lowest BCUT2D eigenvalue weighted by molar-refractivity contribution is -0.146. The number of amidine groups is 1. The number of benzene rings is 1. The molecule has 5 nitrogen and oxygen atoms in total. The summed E-state index contributed by atoms with van der Waals surface area (Å²) >= 11 is 0. The molecule has 1 heterocycles. The second kappa shape index (κ2) is 7.02. The molecule has 0 amide bonds. The average Bonchev–Trinajstić information content (AvgIpc) is 3.01. The van der Waals surface area contributed by atoms with Crippen LogP contribution in [-0.4, -0.2) is 50.0 Å². The average molecular weight is 315 g/mol. The third-order valence-electron chi connectivity index (χ3n) is 4.81. The van der Waals surface area contributed by atoms with Crippen molar-refractivity contribution >= 4 is 17.5 Å². The van der Waals surface area contributed by atoms with Crippen LogP contribution in [0.15, 0.2) is 29.3 Å². The van der Waals surface area contributed by atoms with Crippen molar-refractivity contribution in [2.75, 3.05) is 32.6 Å². The SMILES string of the molecule is COC(=O)C1CCC(Nc2cccc(C3=NCCN3C)c2)CC1. The molecule has 0 spiro atoms. The van der Waals surface area contributed by atoms with E-state index in [-0.39, 0.29) is 11.9 Å². The van der Waals surface area contributed by atoms with Crippen LogP contribution in [0.25, 0.3) is 0 Å². The van der Waals surface area contributed by atoms with Gasteiger partial charge in [-0.15, -0.1) is 0 Å². The molecule has 0 bridgehead atoms. The monoisotopic (exact) mass is 315 g/mol. The molecule has 0 radical (unpaired) electrons. The number of hydrogen-bond acceptors (Lipinski definition) is 5. The Labute approximate surface area is 137 Å². The molecule has 1 aromatic rings. The molecule has 1 aliphatic carbocycles. The zero-order valence-electron chi connectivity index (χ0n) is 13.9. The van der Waals surface area contributed by atoms with Crippen LogP contribution < -0.4 is 5.32 Å². The van der Waals surface area contributed by atoms with Gasteiger partial charge in [0.1, 0.15) is 5.84 Å². The Balaban J connectivity index is 1.60. The number of ether oxygens (including phenoxy) is 1. The number of rotatable bonds is 4. The molecular weight excluding hydrogens is 290 g/mol. The fraction of sp³-hybridized carbons (Fsp3) is 0.556. The summed E-state index contributed by atoms with van der Waals surface area (Å²) < 4.78 is 4.85. The van der Waals surface area contributed by atoms with Gasteiger partial charge in [0.2, 0.25) is 0 Å². The molecule has 1 aromatic carbocycles. The van der Waals surface area contributed by atoms with E-state index in [0.717, 1.165) is 50.3 Å². The standard InChI is InChI=1S/C18H25N3O2/c1-21-11-10-19-17(21)14-4-3-5-16(12-14)20-15-8-6-13(7-9-15)18(22)23-2/h3-5,12-13,15,20H,6-11H2,1-2H3. The second-order valence-corrected chi connectivity index (χ2v) is 6.42. The van der Waals surface area contributed by atoms with Crippen LogP contribution in [-0.2, 0) is 9.53 Å². The van der Waals surface area contributed by atoms with Crippen molar-refractivity contribution in [3.05, 3.63) is 29.8 Å². The number of likely N-dealkylation sites (N-methyl/N-ethyl adjacent to an activating group) is 1. The van der Waals surface area contributed by atoms with Gasteiger partial charge in [0.15, 0.2) is 0 Å². The maximum absolute atomic E-state index is 11.6. The maximum atomic E-state index is 11.6. The highest BCUT2D eigenvalue weighted by molar-refractivity contribution is 6.00. The van der Waals surface area contributed by atoms with E-state index in [1.54, 1.807) is 0 Å². The third kappa shape index (κ3) is 3.66. The van der Waals surface area contributed by atoms with Crippen molar-refractivity contribution in [1.29, 1.82) is 0 Å². The van der Waals surface area contributed by atoms with Gasteiger partial charge in [-0.25, -0.2) is 0 Å². The number of nitrogens with zero attached hydrogens (tertiary/aromatic N) is 2. The van der Waals surface area contributed by atoms with Crippen molar-refractivity contribution in [2.45, 2.75) is 31.7 Å². The molecule has 1 N–H and O–H groups in total. The molecule has 0 atom stereocenters. The van der Waals surface area contributed by atoms with Crippen LogP contribution in [0.2, 0.25) is 0 Å². The Morgan fingerprint density at radius 3 is 2.74 bits per heavy atom. The summed E-state index contributed by atoms with van der Waals surface area (Å²) in [5, 5.41) is 3.61. The molecule has 1 fully saturated rings. The van der Waals surface area contributed by atoms with E-state index in [2.05, 4.69) is 46.5 Å². The van der Waals surface area contributed by atoms with Gasteiger partial charge in [0.25, 0.3) is 0 Å². The minimum atomic E-state index is -0.0623. The maximum Gasteiger partial charge on any atom is 0.308 e. The van der Waals surface area contributed by atoms with E-state index in [0.29, 0.717) is 6.04 Å². The molecule has 1 saturated carbocycles. The van der Waals surface area contributed by atoms with Gasteiger partial charge >= 0.3 is 5.97 Å². The summed E-state index contributed by atoms with van der Waals surface area (Å²) in [6.07, 6.45) is 3.81. The van der Waals surface area contributed by atoms with Crippen molar-refractivity contribution < 1.29 is 9.53 Å². The fourth-order valence-electron chi connectivity index (χ4n) is 3.47. The van der Waals surface area contributed by atoms with Crippen LogP contribution in [0.1, 0.15) is 31.2 Å². The predicted molar refractivity (Wildman–Crippen MR) is 91.9 cm³/mol. The summed E-state index contributed by atoms with van der Waals surface area (Å²) in [5.74, 6) is 1.08. The highest BCUT2D eigenvalue weighted by atomic mass is 16.5. The summed E-state index contributed by atoms with van der Waals surface area (Å²) in [5.41, 5.74) is 2.30. The van der Waals surface area contributed by atoms with E-state index < -0.39 is 0 Å². The number of nitrogens with one attached hydrogen (secondary N) is 1. The molecule has 0 unspecified atom stereocenters. The highest BCUT2D eigenvalue weighted by Crippen LogP contribution is 2.27. The molecular formula is C18H25N3O2. The van der Waals surface area contributed by atoms with Crippen molar-refractivity contribution in [3.8, 4) is 0 Å². The quantitative estimate of drug-likeness (QED) is 0.868. The number of esters is 1. The lowest BCUT2D eigenvalue weighted by Crippen LogP contribution is -2.30. The second-order valence-electron chi connectivity index (χ2n) is 6.42. The van der Waals surface area contributed by atoms with Crippen molar-refractivity contribution in [1.82, 2.24) is 4.90 Å². The van der Waals surface area contributed by atoms with Gasteiger partial charge in [-0.05, 0) is 37.8 Å². The van der Waals surface area contributed by atoms with Crippen LogP contribution in [0.3, 0.4) is 0 Å². The van der Waals surface area contributed by atoms with Crippen LogP contribution in [0.4, 0.5) is 5.69 Å². The number of anilines is 1. The topological polar surface area (TPSA) is 53.9 Å². The lowest BCUT2D eigenvalue weighted by Gasteiger charge is -2.28. The summed E-state index contributed by atoms with van der Waals surface area (Å²) in [7, 11) is 3.56. The number of carbonyl (C=O) groups excluding carboxylic acids is 1. The predicted octanol–water partition coefficient (Wildman–Crippen LogP) is 2.52. The van der Waals surface area contributed by atoms with Gasteiger partial charge in [-0.3, -0.25) is 9.79 Å². The van der Waals surface area contributed by atoms with Gasteiger partial charge in [0, 0.05) is 30.9 Å². The van der Waals surface area contributed by atoms with E-state index in [1.807, 2.05) is 0 Å². The van der Waals surface area contributed by atoms with Crippen molar-refractivity contribution in [2.24, 2.45) is 10.9 Å². The van der Waals surface area contributed by atoms with Crippen molar-refractivity contribution in [3.63, 3.8) is 0 Å².